The average molecular weight is 484 g/mol. The lowest BCUT2D eigenvalue weighted by Crippen LogP contribution is -2.29. The number of aromatic carboxylic acids is 1. The van der Waals surface area contributed by atoms with E-state index >= 15 is 0 Å². The third kappa shape index (κ3) is 4.31. The van der Waals surface area contributed by atoms with Gasteiger partial charge in [-0.15, -0.1) is 0 Å². The number of furan rings is 1. The molecule has 7 heteroatoms. The van der Waals surface area contributed by atoms with Gasteiger partial charge in [0.15, 0.2) is 5.11 Å². The summed E-state index contributed by atoms with van der Waals surface area (Å²) >= 11 is 5.79. The molecule has 0 saturated carbocycles. The van der Waals surface area contributed by atoms with Crippen molar-refractivity contribution in [3.63, 3.8) is 0 Å². The second kappa shape index (κ2) is 9.35. The molecule has 1 saturated heterocycles. The van der Waals surface area contributed by atoms with Gasteiger partial charge < -0.3 is 19.7 Å². The Morgan fingerprint density at radius 3 is 2.57 bits per heavy atom. The van der Waals surface area contributed by atoms with Crippen LogP contribution in [0.1, 0.15) is 51.9 Å². The number of aromatic nitrogens is 1. The topological polar surface area (TPSA) is 78.6 Å². The molecule has 3 heterocycles. The number of nitrogens with one attached hydrogen (secondary N) is 1. The summed E-state index contributed by atoms with van der Waals surface area (Å²) < 4.78 is 6.42. The molecule has 0 radical (unpaired) electrons. The minimum absolute atomic E-state index is 0.205. The van der Waals surface area contributed by atoms with Crippen LogP contribution in [0.4, 0.5) is 5.69 Å². The Morgan fingerprint density at radius 2 is 1.91 bits per heavy atom. The molecule has 0 aliphatic carbocycles. The Labute approximate surface area is 209 Å². The van der Waals surface area contributed by atoms with Crippen molar-refractivity contribution < 1.29 is 14.3 Å². The molecule has 0 bridgehead atoms. The van der Waals surface area contributed by atoms with Crippen molar-refractivity contribution in [2.45, 2.75) is 32.4 Å². The van der Waals surface area contributed by atoms with Gasteiger partial charge in [-0.1, -0.05) is 31.2 Å². The molecule has 5 rings (SSSR count). The van der Waals surface area contributed by atoms with E-state index in [-0.39, 0.29) is 17.6 Å². The molecule has 176 valence electrons. The molecule has 4 aromatic rings. The summed E-state index contributed by atoms with van der Waals surface area (Å²) in [5.41, 5.74) is 5.03. The Hall–Kier alpha value is -3.97. The van der Waals surface area contributed by atoms with Gasteiger partial charge in [0.05, 0.1) is 17.3 Å². The Morgan fingerprint density at radius 1 is 1.11 bits per heavy atom. The van der Waals surface area contributed by atoms with Gasteiger partial charge in [-0.3, -0.25) is 4.98 Å². The van der Waals surface area contributed by atoms with Gasteiger partial charge in [-0.05, 0) is 85.2 Å². The SMILES string of the molecule is CCc1ccc(N2C(=S)N[C@H](c3ccccn3)[C@H]2c2ccc(-c3ccc(C(=O)O)cc3C)o2)cc1. The van der Waals surface area contributed by atoms with Crippen LogP contribution in [0.2, 0.25) is 0 Å². The first-order valence-corrected chi connectivity index (χ1v) is 11.9. The van der Waals surface area contributed by atoms with Gasteiger partial charge in [-0.25, -0.2) is 4.79 Å². The van der Waals surface area contributed by atoms with Crippen LogP contribution in [-0.4, -0.2) is 21.2 Å². The largest absolute Gasteiger partial charge is 0.478 e. The highest BCUT2D eigenvalue weighted by Crippen LogP contribution is 2.43. The predicted octanol–water partition coefficient (Wildman–Crippen LogP) is 6.09. The Balaban J connectivity index is 1.57. The van der Waals surface area contributed by atoms with E-state index in [4.69, 9.17) is 16.6 Å². The van der Waals surface area contributed by atoms with Gasteiger partial charge in [0.1, 0.15) is 17.6 Å². The lowest BCUT2D eigenvalue weighted by atomic mass is 10.0. The minimum atomic E-state index is -0.951. The molecule has 35 heavy (non-hydrogen) atoms. The van der Waals surface area contributed by atoms with Crippen molar-refractivity contribution in [2.24, 2.45) is 0 Å². The highest BCUT2D eigenvalue weighted by Gasteiger charge is 2.42. The average Bonchev–Trinajstić information content (AvgIpc) is 3.49. The molecule has 2 aromatic carbocycles. The number of nitrogens with zero attached hydrogens (tertiary/aromatic N) is 2. The zero-order valence-corrected chi connectivity index (χ0v) is 20.3. The fraction of sp³-hybridized carbons (Fsp3) is 0.179. The summed E-state index contributed by atoms with van der Waals surface area (Å²) in [5, 5.41) is 13.3. The molecule has 1 aliphatic rings. The molecular weight excluding hydrogens is 458 g/mol. The summed E-state index contributed by atoms with van der Waals surface area (Å²) in [5.74, 6) is 0.464. The number of carbonyl (C=O) groups is 1. The Kier molecular flexibility index (Phi) is 6.09. The number of anilines is 1. The van der Waals surface area contributed by atoms with Gasteiger partial charge in [0.2, 0.25) is 0 Å². The number of rotatable bonds is 6. The highest BCUT2D eigenvalue weighted by molar-refractivity contribution is 7.80. The Bertz CT molecular complexity index is 1380. The first kappa shape index (κ1) is 22.8. The molecule has 1 aliphatic heterocycles. The van der Waals surface area contributed by atoms with Gasteiger partial charge in [-0.2, -0.15) is 0 Å². The number of aryl methyl sites for hydroxylation is 2. The maximum atomic E-state index is 11.3. The molecule has 2 N–H and O–H groups in total. The van der Waals surface area contributed by atoms with E-state index in [1.807, 2.05) is 37.3 Å². The van der Waals surface area contributed by atoms with Crippen LogP contribution in [0.5, 0.6) is 0 Å². The number of hydrogen-bond donors (Lipinski definition) is 2. The van der Waals surface area contributed by atoms with Crippen molar-refractivity contribution in [3.8, 4) is 11.3 Å². The maximum Gasteiger partial charge on any atom is 0.335 e. The van der Waals surface area contributed by atoms with Crippen LogP contribution in [-0.2, 0) is 6.42 Å². The molecule has 2 aromatic heterocycles. The molecule has 1 fully saturated rings. The van der Waals surface area contributed by atoms with Gasteiger partial charge in [0.25, 0.3) is 0 Å². The summed E-state index contributed by atoms with van der Waals surface area (Å²) in [4.78, 5) is 18.0. The van der Waals surface area contributed by atoms with E-state index in [1.165, 1.54) is 5.56 Å². The normalized spacial score (nSPS) is 17.4. The molecule has 6 nitrogen and oxygen atoms in total. The number of carboxylic acid groups (broad SMARTS) is 1. The zero-order chi connectivity index (χ0) is 24.5. The smallest absolute Gasteiger partial charge is 0.335 e. The maximum absolute atomic E-state index is 11.3. The summed E-state index contributed by atoms with van der Waals surface area (Å²) in [6, 6.07) is 22.7. The standard InChI is InChI=1S/C28H25N3O3S/c1-3-18-7-10-20(11-8-18)31-26(25(30-28(31)35)22-6-4-5-15-29-22)24-14-13-23(34-24)21-12-9-19(27(32)33)16-17(21)2/h4-16,25-26H,3H2,1-2H3,(H,30,35)(H,32,33)/t25-,26-/m1/s1. The fourth-order valence-corrected chi connectivity index (χ4v) is 4.89. The second-order valence-corrected chi connectivity index (χ2v) is 8.94. The quantitative estimate of drug-likeness (QED) is 0.321. The fourth-order valence-electron chi connectivity index (χ4n) is 4.54. The van der Waals surface area contributed by atoms with Crippen LogP contribution in [0, 0.1) is 6.92 Å². The van der Waals surface area contributed by atoms with E-state index in [1.54, 1.807) is 24.4 Å². The number of carboxylic acids is 1. The van der Waals surface area contributed by atoms with Crippen molar-refractivity contribution in [1.29, 1.82) is 0 Å². The van der Waals surface area contributed by atoms with Crippen molar-refractivity contribution in [1.82, 2.24) is 10.3 Å². The minimum Gasteiger partial charge on any atom is -0.478 e. The molecule has 0 unspecified atom stereocenters. The van der Waals surface area contributed by atoms with Crippen LogP contribution < -0.4 is 10.2 Å². The van der Waals surface area contributed by atoms with E-state index in [9.17, 15) is 9.90 Å². The molecular formula is C28H25N3O3S. The first-order valence-electron chi connectivity index (χ1n) is 11.5. The third-order valence-corrected chi connectivity index (χ3v) is 6.69. The van der Waals surface area contributed by atoms with Crippen LogP contribution in [0.15, 0.2) is 83.4 Å². The van der Waals surface area contributed by atoms with Crippen LogP contribution >= 0.6 is 12.2 Å². The van der Waals surface area contributed by atoms with E-state index < -0.39 is 5.97 Å². The number of thiocarbonyl (C=S) groups is 1. The summed E-state index contributed by atoms with van der Waals surface area (Å²) in [6.07, 6.45) is 2.74. The molecule has 0 amide bonds. The number of pyridine rings is 1. The molecule has 0 spiro atoms. The van der Waals surface area contributed by atoms with E-state index in [0.29, 0.717) is 10.9 Å². The monoisotopic (exact) mass is 483 g/mol. The van der Waals surface area contributed by atoms with E-state index in [0.717, 1.165) is 34.7 Å². The van der Waals surface area contributed by atoms with Gasteiger partial charge in [0, 0.05) is 17.4 Å². The van der Waals surface area contributed by atoms with Crippen molar-refractivity contribution >= 4 is 29.0 Å². The van der Waals surface area contributed by atoms with Crippen LogP contribution in [0.25, 0.3) is 11.3 Å². The summed E-state index contributed by atoms with van der Waals surface area (Å²) in [6.45, 7) is 4.01. The summed E-state index contributed by atoms with van der Waals surface area (Å²) in [7, 11) is 0. The lowest BCUT2D eigenvalue weighted by Gasteiger charge is -2.26. The number of benzene rings is 2. The third-order valence-electron chi connectivity index (χ3n) is 6.38. The van der Waals surface area contributed by atoms with Crippen molar-refractivity contribution in [3.05, 3.63) is 107 Å². The second-order valence-electron chi connectivity index (χ2n) is 8.55. The highest BCUT2D eigenvalue weighted by atomic mass is 32.1. The lowest BCUT2D eigenvalue weighted by molar-refractivity contribution is 0.0697. The van der Waals surface area contributed by atoms with Crippen LogP contribution in [0.3, 0.4) is 0 Å². The van der Waals surface area contributed by atoms with Crippen molar-refractivity contribution in [2.75, 3.05) is 4.90 Å². The number of hydrogen-bond acceptors (Lipinski definition) is 4. The molecule has 2 atom stereocenters. The van der Waals surface area contributed by atoms with E-state index in [2.05, 4.69) is 46.4 Å². The van der Waals surface area contributed by atoms with Gasteiger partial charge >= 0.3 is 5.97 Å². The predicted molar refractivity (Wildman–Crippen MR) is 140 cm³/mol. The zero-order valence-electron chi connectivity index (χ0n) is 19.4. The first-order chi connectivity index (χ1) is 17.0.